The molecule has 37 heavy (non-hydrogen) atoms. The van der Waals surface area contributed by atoms with Gasteiger partial charge in [-0.1, -0.05) is 25.1 Å². The molecule has 0 aliphatic carbocycles. The fourth-order valence-corrected chi connectivity index (χ4v) is 4.28. The Morgan fingerprint density at radius 1 is 0.865 bits per heavy atom. The molecule has 1 unspecified atom stereocenters. The Morgan fingerprint density at radius 3 is 2.19 bits per heavy atom. The van der Waals surface area contributed by atoms with E-state index in [1.54, 1.807) is 66.7 Å². The summed E-state index contributed by atoms with van der Waals surface area (Å²) in [4.78, 5) is 28.2. The summed E-state index contributed by atoms with van der Waals surface area (Å²) in [6, 6.07) is 17.9. The van der Waals surface area contributed by atoms with Crippen LogP contribution in [0, 0.1) is 0 Å². The van der Waals surface area contributed by atoms with Crippen LogP contribution in [0.1, 0.15) is 30.5 Å². The summed E-state index contributed by atoms with van der Waals surface area (Å²) in [7, 11) is 4.49. The van der Waals surface area contributed by atoms with Crippen molar-refractivity contribution in [3.05, 3.63) is 83.4 Å². The number of ether oxygens (including phenoxy) is 4. The van der Waals surface area contributed by atoms with Crippen molar-refractivity contribution < 1.29 is 33.6 Å². The van der Waals surface area contributed by atoms with Crippen LogP contribution in [0.5, 0.6) is 23.0 Å². The third-order valence-corrected chi connectivity index (χ3v) is 6.11. The third-order valence-electron chi connectivity index (χ3n) is 6.11. The number of hydrogen-bond donors (Lipinski definition) is 1. The fraction of sp³-hybridized carbons (Fsp3) is 0.241. The van der Waals surface area contributed by atoms with Crippen molar-refractivity contribution in [2.75, 3.05) is 32.8 Å². The van der Waals surface area contributed by atoms with E-state index in [-0.39, 0.29) is 16.9 Å². The van der Waals surface area contributed by atoms with E-state index in [1.165, 1.54) is 26.2 Å². The molecular formula is C29H29NO7. The number of benzene rings is 3. The lowest BCUT2D eigenvalue weighted by Crippen LogP contribution is -2.29. The number of hydrogen-bond acceptors (Lipinski definition) is 7. The van der Waals surface area contributed by atoms with Gasteiger partial charge in [-0.05, 0) is 48.4 Å². The minimum absolute atomic E-state index is 0.0569. The quantitative estimate of drug-likeness (QED) is 0.246. The van der Waals surface area contributed by atoms with Crippen LogP contribution in [0.4, 0.5) is 5.69 Å². The molecule has 1 amide bonds. The normalized spacial score (nSPS) is 16.5. The van der Waals surface area contributed by atoms with Crippen LogP contribution in [-0.4, -0.2) is 44.7 Å². The van der Waals surface area contributed by atoms with Gasteiger partial charge >= 0.3 is 0 Å². The molecule has 1 N–H and O–H groups in total. The van der Waals surface area contributed by atoms with E-state index in [4.69, 9.17) is 18.9 Å². The summed E-state index contributed by atoms with van der Waals surface area (Å²) in [6.45, 7) is 2.59. The highest BCUT2D eigenvalue weighted by Gasteiger charge is 2.47. The summed E-state index contributed by atoms with van der Waals surface area (Å²) in [5.74, 6) is 0.0858. The molecule has 1 fully saturated rings. The largest absolute Gasteiger partial charge is 0.507 e. The minimum Gasteiger partial charge on any atom is -0.507 e. The maximum absolute atomic E-state index is 13.4. The Kier molecular flexibility index (Phi) is 7.67. The molecule has 3 aromatic carbocycles. The molecule has 1 atom stereocenters. The van der Waals surface area contributed by atoms with Crippen molar-refractivity contribution in [1.82, 2.24) is 0 Å². The van der Waals surface area contributed by atoms with E-state index >= 15 is 0 Å². The summed E-state index contributed by atoms with van der Waals surface area (Å²) < 4.78 is 21.7. The first-order valence-electron chi connectivity index (χ1n) is 11.8. The number of carbonyl (C=O) groups excluding carboxylic acids is 2. The molecule has 1 aliphatic heterocycles. The van der Waals surface area contributed by atoms with E-state index < -0.39 is 17.7 Å². The van der Waals surface area contributed by atoms with Crippen LogP contribution >= 0.6 is 0 Å². The van der Waals surface area contributed by atoms with Crippen molar-refractivity contribution in [3.63, 3.8) is 0 Å². The molecule has 1 aliphatic rings. The van der Waals surface area contributed by atoms with Crippen LogP contribution in [0.2, 0.25) is 0 Å². The molecule has 1 saturated heterocycles. The molecule has 8 heteroatoms. The van der Waals surface area contributed by atoms with Gasteiger partial charge in [0.2, 0.25) is 0 Å². The van der Waals surface area contributed by atoms with Crippen LogP contribution in [0.25, 0.3) is 5.76 Å². The van der Waals surface area contributed by atoms with Gasteiger partial charge in [0.05, 0.1) is 45.1 Å². The van der Waals surface area contributed by atoms with Crippen molar-refractivity contribution in [2.45, 2.75) is 19.4 Å². The lowest BCUT2D eigenvalue weighted by molar-refractivity contribution is -0.132. The summed E-state index contributed by atoms with van der Waals surface area (Å²) in [6.07, 6.45) is 0.863. The molecule has 4 rings (SSSR count). The van der Waals surface area contributed by atoms with E-state index in [0.717, 1.165) is 6.42 Å². The number of Topliss-reactive ketones (excluding diaryl/α,β-unsaturated/α-hetero) is 1. The first-order valence-corrected chi connectivity index (χ1v) is 11.8. The number of carbonyl (C=O) groups is 2. The van der Waals surface area contributed by atoms with Gasteiger partial charge in [0.1, 0.15) is 28.8 Å². The molecule has 192 valence electrons. The number of ketones is 1. The average Bonchev–Trinajstić information content (AvgIpc) is 3.21. The Bertz CT molecular complexity index is 1330. The molecule has 1 heterocycles. The molecule has 0 bridgehead atoms. The Hall–Kier alpha value is -4.46. The van der Waals surface area contributed by atoms with Gasteiger partial charge in [-0.25, -0.2) is 0 Å². The van der Waals surface area contributed by atoms with Crippen molar-refractivity contribution >= 4 is 23.1 Å². The van der Waals surface area contributed by atoms with Crippen molar-refractivity contribution in [3.8, 4) is 23.0 Å². The monoisotopic (exact) mass is 503 g/mol. The number of nitrogens with zero attached hydrogens (tertiary/aromatic N) is 1. The van der Waals surface area contributed by atoms with E-state index in [2.05, 4.69) is 0 Å². The second-order valence-corrected chi connectivity index (χ2v) is 8.35. The SMILES string of the molecule is CCCOc1ccc(C2/C(=C(/O)c3ccc(OC)cc3OC)C(=O)C(=O)N2c2cccc(OC)c2)cc1. The van der Waals surface area contributed by atoms with Gasteiger partial charge in [0.15, 0.2) is 0 Å². The van der Waals surface area contributed by atoms with Crippen molar-refractivity contribution in [2.24, 2.45) is 0 Å². The summed E-state index contributed by atoms with van der Waals surface area (Å²) >= 11 is 0. The molecule has 0 spiro atoms. The number of methoxy groups -OCH3 is 3. The zero-order valence-electron chi connectivity index (χ0n) is 21.2. The van der Waals surface area contributed by atoms with Gasteiger partial charge in [0, 0.05) is 17.8 Å². The van der Waals surface area contributed by atoms with E-state index in [1.807, 2.05) is 6.92 Å². The lowest BCUT2D eigenvalue weighted by atomic mass is 9.94. The maximum atomic E-state index is 13.4. The Balaban J connectivity index is 1.91. The molecular weight excluding hydrogens is 474 g/mol. The molecule has 0 aromatic heterocycles. The standard InChI is InChI=1S/C29H29NO7/c1-5-15-37-20-11-9-18(10-12-20)26-25(27(31)23-14-13-22(35-3)17-24(23)36-4)28(32)29(33)30(26)19-7-6-8-21(16-19)34-2/h6-14,16-17,26,31H,5,15H2,1-4H3/b27-25-. The van der Waals surface area contributed by atoms with E-state index in [0.29, 0.717) is 40.9 Å². The predicted octanol–water partition coefficient (Wildman–Crippen LogP) is 5.13. The number of anilines is 1. The Morgan fingerprint density at radius 2 is 1.54 bits per heavy atom. The van der Waals surface area contributed by atoms with Crippen LogP contribution < -0.4 is 23.8 Å². The first-order chi connectivity index (χ1) is 17.9. The maximum Gasteiger partial charge on any atom is 0.300 e. The zero-order valence-corrected chi connectivity index (χ0v) is 21.2. The minimum atomic E-state index is -0.904. The molecule has 0 saturated carbocycles. The molecule has 3 aromatic rings. The predicted molar refractivity (Wildman–Crippen MR) is 140 cm³/mol. The lowest BCUT2D eigenvalue weighted by Gasteiger charge is -2.26. The van der Waals surface area contributed by atoms with Gasteiger partial charge in [-0.2, -0.15) is 0 Å². The van der Waals surface area contributed by atoms with Crippen LogP contribution in [-0.2, 0) is 9.59 Å². The highest BCUT2D eigenvalue weighted by Crippen LogP contribution is 2.44. The number of aliphatic hydroxyl groups is 1. The van der Waals surface area contributed by atoms with Gasteiger partial charge < -0.3 is 24.1 Å². The second-order valence-electron chi connectivity index (χ2n) is 8.35. The van der Waals surface area contributed by atoms with E-state index in [9.17, 15) is 14.7 Å². The van der Waals surface area contributed by atoms with Crippen molar-refractivity contribution in [1.29, 1.82) is 0 Å². The zero-order chi connectivity index (χ0) is 26.5. The topological polar surface area (TPSA) is 94.5 Å². The van der Waals surface area contributed by atoms with Crippen LogP contribution in [0.15, 0.2) is 72.3 Å². The smallest absolute Gasteiger partial charge is 0.300 e. The number of rotatable bonds is 9. The summed E-state index contributed by atoms with van der Waals surface area (Å²) in [5, 5.41) is 11.5. The highest BCUT2D eigenvalue weighted by molar-refractivity contribution is 6.51. The average molecular weight is 504 g/mol. The van der Waals surface area contributed by atoms with Crippen LogP contribution in [0.3, 0.4) is 0 Å². The molecule has 8 nitrogen and oxygen atoms in total. The van der Waals surface area contributed by atoms with Gasteiger partial charge in [0.25, 0.3) is 11.7 Å². The number of aliphatic hydroxyl groups excluding tert-OH is 1. The number of amides is 1. The van der Waals surface area contributed by atoms with Gasteiger partial charge in [-0.15, -0.1) is 0 Å². The Labute approximate surface area is 215 Å². The third kappa shape index (κ3) is 4.95. The summed E-state index contributed by atoms with van der Waals surface area (Å²) in [5.41, 5.74) is 1.29. The second kappa shape index (κ2) is 11.1. The first kappa shape index (κ1) is 25.6. The van der Waals surface area contributed by atoms with Gasteiger partial charge in [-0.3, -0.25) is 14.5 Å². The fourth-order valence-electron chi connectivity index (χ4n) is 4.28. The highest BCUT2D eigenvalue weighted by atomic mass is 16.5. The molecule has 0 radical (unpaired) electrons.